The highest BCUT2D eigenvalue weighted by molar-refractivity contribution is 7.17. The maximum Gasteiger partial charge on any atom is 0.151 e. The monoisotopic (exact) mass is 272 g/mol. The van der Waals surface area contributed by atoms with Crippen LogP contribution >= 0.6 is 22.9 Å². The van der Waals surface area contributed by atoms with Gasteiger partial charge in [0.1, 0.15) is 0 Å². The number of halogens is 1. The summed E-state index contributed by atoms with van der Waals surface area (Å²) in [6, 6.07) is 13.8. The van der Waals surface area contributed by atoms with Gasteiger partial charge in [0.25, 0.3) is 0 Å². The third-order valence-electron chi connectivity index (χ3n) is 2.92. The van der Waals surface area contributed by atoms with Crippen LogP contribution in [-0.4, -0.2) is 6.29 Å². The van der Waals surface area contributed by atoms with Crippen LogP contribution in [0, 0.1) is 0 Å². The lowest BCUT2D eigenvalue weighted by Crippen LogP contribution is -1.84. The van der Waals surface area contributed by atoms with Crippen LogP contribution in [0.2, 0.25) is 5.02 Å². The van der Waals surface area contributed by atoms with Gasteiger partial charge >= 0.3 is 0 Å². The molecule has 0 aliphatic carbocycles. The molecule has 0 atom stereocenters. The Balaban J connectivity index is 2.23. The Kier molecular flexibility index (Phi) is 2.90. The predicted molar refractivity (Wildman–Crippen MR) is 77.7 cm³/mol. The van der Waals surface area contributed by atoms with Crippen molar-refractivity contribution in [1.29, 1.82) is 0 Å². The van der Waals surface area contributed by atoms with Crippen LogP contribution in [0.5, 0.6) is 0 Å². The van der Waals surface area contributed by atoms with E-state index in [1.165, 1.54) is 10.1 Å². The van der Waals surface area contributed by atoms with Crippen molar-refractivity contribution in [1.82, 2.24) is 0 Å². The minimum Gasteiger partial charge on any atom is -0.298 e. The quantitative estimate of drug-likeness (QED) is 0.598. The molecule has 0 radical (unpaired) electrons. The Hall–Kier alpha value is -1.64. The van der Waals surface area contributed by atoms with Gasteiger partial charge < -0.3 is 0 Å². The van der Waals surface area contributed by atoms with Crippen LogP contribution in [0.4, 0.5) is 0 Å². The number of fused-ring (bicyclic) bond motifs is 1. The van der Waals surface area contributed by atoms with Crippen molar-refractivity contribution in [2.24, 2.45) is 0 Å². The molecule has 18 heavy (non-hydrogen) atoms. The van der Waals surface area contributed by atoms with E-state index in [4.69, 9.17) is 11.6 Å². The second-order valence-electron chi connectivity index (χ2n) is 4.00. The highest BCUT2D eigenvalue weighted by Crippen LogP contribution is 2.34. The standard InChI is InChI=1S/C15H9ClOS/c16-14-8-11(4-5-12(14)9-17)13-3-1-2-10-6-7-18-15(10)13/h1-9H. The first kappa shape index (κ1) is 11.5. The molecule has 1 nitrogen and oxygen atoms in total. The normalized spacial score (nSPS) is 10.7. The summed E-state index contributed by atoms with van der Waals surface area (Å²) in [5, 5.41) is 3.80. The van der Waals surface area contributed by atoms with Crippen molar-refractivity contribution >= 4 is 39.3 Å². The second-order valence-corrected chi connectivity index (χ2v) is 5.32. The molecule has 0 saturated carbocycles. The largest absolute Gasteiger partial charge is 0.298 e. The van der Waals surface area contributed by atoms with Gasteiger partial charge in [-0.05, 0) is 40.1 Å². The summed E-state index contributed by atoms with van der Waals surface area (Å²) in [6.07, 6.45) is 0.776. The van der Waals surface area contributed by atoms with E-state index < -0.39 is 0 Å². The van der Waals surface area contributed by atoms with Gasteiger partial charge in [0, 0.05) is 10.3 Å². The van der Waals surface area contributed by atoms with Crippen LogP contribution in [0.25, 0.3) is 21.2 Å². The molecule has 0 bridgehead atoms. The Morgan fingerprint density at radius 1 is 1.11 bits per heavy atom. The average Bonchev–Trinajstić information content (AvgIpc) is 2.86. The Morgan fingerprint density at radius 3 is 2.78 bits per heavy atom. The number of carbonyl (C=O) groups excluding carboxylic acids is 1. The van der Waals surface area contributed by atoms with Gasteiger partial charge in [-0.2, -0.15) is 0 Å². The van der Waals surface area contributed by atoms with Crippen LogP contribution in [0.15, 0.2) is 47.8 Å². The molecular weight excluding hydrogens is 264 g/mol. The number of hydrogen-bond donors (Lipinski definition) is 0. The molecule has 0 N–H and O–H groups in total. The fourth-order valence-electron chi connectivity index (χ4n) is 2.01. The van der Waals surface area contributed by atoms with Crippen molar-refractivity contribution in [3.05, 3.63) is 58.4 Å². The van der Waals surface area contributed by atoms with E-state index in [1.807, 2.05) is 18.2 Å². The molecule has 0 aliphatic rings. The third kappa shape index (κ3) is 1.84. The molecule has 2 aromatic carbocycles. The second kappa shape index (κ2) is 4.56. The summed E-state index contributed by atoms with van der Waals surface area (Å²) in [5.74, 6) is 0. The molecule has 1 heterocycles. The van der Waals surface area contributed by atoms with E-state index in [0.717, 1.165) is 17.4 Å². The minimum atomic E-state index is 0.496. The maximum absolute atomic E-state index is 10.8. The van der Waals surface area contributed by atoms with Crippen LogP contribution in [-0.2, 0) is 0 Å². The summed E-state index contributed by atoms with van der Waals surface area (Å²) < 4.78 is 1.24. The van der Waals surface area contributed by atoms with Crippen molar-refractivity contribution in [3.63, 3.8) is 0 Å². The van der Waals surface area contributed by atoms with Crippen LogP contribution < -0.4 is 0 Å². The van der Waals surface area contributed by atoms with Gasteiger partial charge in [-0.25, -0.2) is 0 Å². The molecule has 0 amide bonds. The molecule has 0 fully saturated rings. The molecule has 1 aromatic heterocycles. The highest BCUT2D eigenvalue weighted by atomic mass is 35.5. The number of thiophene rings is 1. The SMILES string of the molecule is O=Cc1ccc(-c2cccc3ccsc23)cc1Cl. The molecule has 0 aliphatic heterocycles. The lowest BCUT2D eigenvalue weighted by Gasteiger charge is -2.05. The fraction of sp³-hybridized carbons (Fsp3) is 0. The molecule has 88 valence electrons. The Labute approximate surface area is 114 Å². The Bertz CT molecular complexity index is 730. The molecule has 3 rings (SSSR count). The summed E-state index contributed by atoms with van der Waals surface area (Å²) in [4.78, 5) is 10.8. The predicted octanol–water partition coefficient (Wildman–Crippen LogP) is 5.03. The van der Waals surface area contributed by atoms with Gasteiger partial charge in [0.05, 0.1) is 5.02 Å². The number of benzene rings is 2. The van der Waals surface area contributed by atoms with Gasteiger partial charge in [0.2, 0.25) is 0 Å². The molecular formula is C15H9ClOS. The maximum atomic E-state index is 10.8. The summed E-state index contributed by atoms with van der Waals surface area (Å²) in [7, 11) is 0. The van der Waals surface area contributed by atoms with Crippen molar-refractivity contribution in [2.75, 3.05) is 0 Å². The topological polar surface area (TPSA) is 17.1 Å². The zero-order valence-electron chi connectivity index (χ0n) is 9.39. The average molecular weight is 273 g/mol. The fourth-order valence-corrected chi connectivity index (χ4v) is 3.17. The van der Waals surface area contributed by atoms with Gasteiger partial charge in [-0.15, -0.1) is 11.3 Å². The molecule has 3 aromatic rings. The summed E-state index contributed by atoms with van der Waals surface area (Å²) >= 11 is 7.79. The molecule has 0 spiro atoms. The first-order chi connectivity index (χ1) is 8.79. The van der Waals surface area contributed by atoms with Crippen molar-refractivity contribution in [2.45, 2.75) is 0 Å². The first-order valence-corrected chi connectivity index (χ1v) is 6.76. The summed E-state index contributed by atoms with van der Waals surface area (Å²) in [5.41, 5.74) is 2.72. The summed E-state index contributed by atoms with van der Waals surface area (Å²) in [6.45, 7) is 0. The smallest absolute Gasteiger partial charge is 0.151 e. The van der Waals surface area contributed by atoms with E-state index in [0.29, 0.717) is 10.6 Å². The highest BCUT2D eigenvalue weighted by Gasteiger charge is 2.07. The third-order valence-corrected chi connectivity index (χ3v) is 4.21. The number of aldehydes is 1. The van der Waals surface area contributed by atoms with Gasteiger partial charge in [-0.3, -0.25) is 4.79 Å². The van der Waals surface area contributed by atoms with E-state index in [-0.39, 0.29) is 0 Å². The molecule has 0 unspecified atom stereocenters. The zero-order valence-corrected chi connectivity index (χ0v) is 11.0. The Morgan fingerprint density at radius 2 is 2.00 bits per heavy atom. The minimum absolute atomic E-state index is 0.496. The van der Waals surface area contributed by atoms with Crippen molar-refractivity contribution < 1.29 is 4.79 Å². The number of hydrogen-bond acceptors (Lipinski definition) is 2. The van der Waals surface area contributed by atoms with Gasteiger partial charge in [-0.1, -0.05) is 35.9 Å². The van der Waals surface area contributed by atoms with Crippen LogP contribution in [0.3, 0.4) is 0 Å². The lowest BCUT2D eigenvalue weighted by atomic mass is 10.0. The number of rotatable bonds is 2. The van der Waals surface area contributed by atoms with E-state index in [2.05, 4.69) is 23.6 Å². The first-order valence-electron chi connectivity index (χ1n) is 5.51. The molecule has 0 saturated heterocycles. The van der Waals surface area contributed by atoms with E-state index in [1.54, 1.807) is 17.4 Å². The van der Waals surface area contributed by atoms with E-state index >= 15 is 0 Å². The van der Waals surface area contributed by atoms with Crippen LogP contribution in [0.1, 0.15) is 10.4 Å². The van der Waals surface area contributed by atoms with Gasteiger partial charge in [0.15, 0.2) is 6.29 Å². The van der Waals surface area contributed by atoms with Crippen molar-refractivity contribution in [3.8, 4) is 11.1 Å². The zero-order chi connectivity index (χ0) is 12.5. The van der Waals surface area contributed by atoms with E-state index in [9.17, 15) is 4.79 Å². The lowest BCUT2D eigenvalue weighted by molar-refractivity contribution is 0.112. The number of carbonyl (C=O) groups is 1. The molecule has 3 heteroatoms.